The van der Waals surface area contributed by atoms with Crippen molar-refractivity contribution in [2.24, 2.45) is 5.92 Å². The second-order valence-electron chi connectivity index (χ2n) is 8.22. The molecule has 0 atom stereocenters. The predicted octanol–water partition coefficient (Wildman–Crippen LogP) is 4.94. The highest BCUT2D eigenvalue weighted by Crippen LogP contribution is 3.02. The topological polar surface area (TPSA) is 58.6 Å². The summed E-state index contributed by atoms with van der Waals surface area (Å²) < 4.78 is 69.1. The normalized spacial score (nSPS) is 30.2. The first kappa shape index (κ1) is 20.2. The molecule has 0 radical (unpaired) electrons. The molecule has 0 unspecified atom stereocenters. The summed E-state index contributed by atoms with van der Waals surface area (Å²) in [4.78, 5) is 23.7. The Morgan fingerprint density at radius 2 is 1.66 bits per heavy atom. The Balaban J connectivity index is 1.32. The highest BCUT2D eigenvalue weighted by molar-refractivity contribution is 8.45. The first-order valence-electron chi connectivity index (χ1n) is 9.33. The van der Waals surface area contributed by atoms with E-state index in [0.29, 0.717) is 56.5 Å². The molecule has 1 spiro atoms. The first-order chi connectivity index (χ1) is 13.2. The Labute approximate surface area is 164 Å². The molecule has 2 aliphatic heterocycles. The van der Waals surface area contributed by atoms with Gasteiger partial charge < -0.3 is 15.0 Å². The molecule has 0 bridgehead atoms. The van der Waals surface area contributed by atoms with Gasteiger partial charge in [-0.2, -0.15) is 0 Å². The Morgan fingerprint density at radius 3 is 2.14 bits per heavy atom. The summed E-state index contributed by atoms with van der Waals surface area (Å²) in [6.45, 7) is 1.19. The summed E-state index contributed by atoms with van der Waals surface area (Å²) in [5.41, 5.74) is 0.136. The molecule has 1 saturated carbocycles. The molecule has 162 valence electrons. The zero-order valence-electron chi connectivity index (χ0n) is 15.4. The van der Waals surface area contributed by atoms with Gasteiger partial charge in [-0.3, -0.25) is 4.79 Å². The molecule has 11 heteroatoms. The predicted molar refractivity (Wildman–Crippen MR) is 96.3 cm³/mol. The van der Waals surface area contributed by atoms with Crippen LogP contribution in [0.4, 0.5) is 24.2 Å². The van der Waals surface area contributed by atoms with Crippen LogP contribution < -0.4 is 5.32 Å². The summed E-state index contributed by atoms with van der Waals surface area (Å²) in [5.74, 6) is -0.251. The Morgan fingerprint density at radius 1 is 1.07 bits per heavy atom. The quantitative estimate of drug-likeness (QED) is 0.678. The number of piperidine rings is 1. The molecule has 29 heavy (non-hydrogen) atoms. The van der Waals surface area contributed by atoms with Crippen molar-refractivity contribution in [3.05, 3.63) is 29.8 Å². The van der Waals surface area contributed by atoms with Crippen LogP contribution in [0, 0.1) is 5.92 Å². The minimum atomic E-state index is -9.66. The third kappa shape index (κ3) is 4.01. The van der Waals surface area contributed by atoms with E-state index in [0.717, 1.165) is 12.1 Å². The maximum Gasteiger partial charge on any atom is 0.407 e. The molecule has 2 saturated heterocycles. The van der Waals surface area contributed by atoms with E-state index in [2.05, 4.69) is 5.32 Å². The second kappa shape index (κ2) is 5.77. The van der Waals surface area contributed by atoms with Crippen molar-refractivity contribution >= 4 is 22.2 Å². The number of hydrogen-bond donors (Lipinski definition) is 1. The van der Waals surface area contributed by atoms with Gasteiger partial charge in [0.15, 0.2) is 0 Å². The maximum atomic E-state index is 12.8. The summed E-state index contributed by atoms with van der Waals surface area (Å²) in [5, 5.41) is 2.74. The Bertz CT molecular complexity index is 845. The van der Waals surface area contributed by atoms with Gasteiger partial charge in [-0.25, -0.2) is 4.79 Å². The van der Waals surface area contributed by atoms with Crippen molar-refractivity contribution in [1.29, 1.82) is 0 Å². The van der Waals surface area contributed by atoms with Crippen LogP contribution in [-0.4, -0.2) is 42.1 Å². The van der Waals surface area contributed by atoms with Gasteiger partial charge >= 0.3 is 16.3 Å². The number of hydrogen-bond acceptors (Lipinski definition) is 3. The third-order valence-corrected chi connectivity index (χ3v) is 7.24. The Kier molecular flexibility index (Phi) is 4.02. The van der Waals surface area contributed by atoms with Crippen molar-refractivity contribution < 1.29 is 33.8 Å². The van der Waals surface area contributed by atoms with E-state index in [9.17, 15) is 29.0 Å². The summed E-state index contributed by atoms with van der Waals surface area (Å²) in [7, 11) is -9.66. The van der Waals surface area contributed by atoms with Crippen molar-refractivity contribution in [2.75, 3.05) is 19.7 Å². The number of ether oxygens (including phenoxy) is 1. The molecule has 0 aromatic heterocycles. The minimum absolute atomic E-state index is 0.00601. The number of benzene rings is 1. The van der Waals surface area contributed by atoms with Crippen molar-refractivity contribution in [3.63, 3.8) is 0 Å². The van der Waals surface area contributed by atoms with Gasteiger partial charge in [0.2, 0.25) is 5.91 Å². The van der Waals surface area contributed by atoms with Crippen LogP contribution in [0.5, 0.6) is 0 Å². The van der Waals surface area contributed by atoms with E-state index < -0.39 is 26.8 Å². The zero-order chi connectivity index (χ0) is 21.1. The first-order valence-corrected chi connectivity index (χ1v) is 11.3. The average Bonchev–Trinajstić information content (AvgIpc) is 3.00. The minimum Gasteiger partial charge on any atom is -0.447 e. The highest BCUT2D eigenvalue weighted by atomic mass is 32.5. The molecule has 4 rings (SSSR count). The summed E-state index contributed by atoms with van der Waals surface area (Å²) in [6.07, 6.45) is 1.71. The fourth-order valence-corrected chi connectivity index (χ4v) is 5.11. The molecule has 5 nitrogen and oxygen atoms in total. The Hall–Kier alpha value is -2.04. The molecule has 1 aromatic rings. The number of rotatable bonds is 3. The summed E-state index contributed by atoms with van der Waals surface area (Å²) >= 11 is 0. The molecule has 2 heterocycles. The van der Waals surface area contributed by atoms with Gasteiger partial charge in [0.05, 0.1) is 5.54 Å². The molecule has 1 aliphatic carbocycles. The average molecular weight is 440 g/mol. The van der Waals surface area contributed by atoms with E-state index >= 15 is 0 Å². The molecular formula is C18H21F5N2O3S. The van der Waals surface area contributed by atoms with Crippen LogP contribution in [0.2, 0.25) is 0 Å². The van der Waals surface area contributed by atoms with Gasteiger partial charge in [0.25, 0.3) is 0 Å². The smallest absolute Gasteiger partial charge is 0.407 e. The lowest BCUT2D eigenvalue weighted by molar-refractivity contribution is -0.142. The van der Waals surface area contributed by atoms with Crippen LogP contribution in [-0.2, 0) is 9.53 Å². The molecule has 3 aliphatic rings. The van der Waals surface area contributed by atoms with E-state index in [4.69, 9.17) is 4.74 Å². The van der Waals surface area contributed by atoms with E-state index in [1.54, 1.807) is 4.90 Å². The molecule has 3 fully saturated rings. The number of halogens is 5. The standard InChI is InChI=1S/C18H21F5N2O3S/c19-29(20,21,22,23)15-3-1-12(2-4-15)13-5-7-25(8-6-13)16(26)14-9-18(10-14)11-28-17(27)24-18/h1-4,13-14H,5-11H2,(H,24,27)/t14-,18+. The monoisotopic (exact) mass is 440 g/mol. The fraction of sp³-hybridized carbons (Fsp3) is 0.556. The van der Waals surface area contributed by atoms with Gasteiger partial charge in [-0.15, -0.1) is 0 Å². The number of carbonyl (C=O) groups excluding carboxylic acids is 2. The highest BCUT2D eigenvalue weighted by Gasteiger charge is 2.65. The van der Waals surface area contributed by atoms with Gasteiger partial charge in [-0.05, 0) is 49.3 Å². The van der Waals surface area contributed by atoms with Crippen LogP contribution in [0.1, 0.15) is 37.2 Å². The van der Waals surface area contributed by atoms with Crippen LogP contribution in [0.15, 0.2) is 29.2 Å². The van der Waals surface area contributed by atoms with Crippen LogP contribution >= 0.6 is 10.2 Å². The van der Waals surface area contributed by atoms with Gasteiger partial charge in [0, 0.05) is 19.0 Å². The lowest BCUT2D eigenvalue weighted by Gasteiger charge is -2.45. The summed E-state index contributed by atoms with van der Waals surface area (Å²) in [6, 6.07) is 3.10. The van der Waals surface area contributed by atoms with Crippen molar-refractivity contribution in [3.8, 4) is 0 Å². The lowest BCUT2D eigenvalue weighted by Crippen LogP contribution is -2.58. The van der Waals surface area contributed by atoms with Gasteiger partial charge in [0.1, 0.15) is 11.5 Å². The molecular weight excluding hydrogens is 419 g/mol. The number of nitrogens with zero attached hydrogens (tertiary/aromatic N) is 1. The van der Waals surface area contributed by atoms with Crippen LogP contribution in [0.3, 0.4) is 0 Å². The number of carbonyl (C=O) groups is 2. The number of cyclic esters (lactones) is 1. The van der Waals surface area contributed by atoms with E-state index in [-0.39, 0.29) is 24.3 Å². The molecule has 2 amide bonds. The number of alkyl carbamates (subject to hydrolysis) is 1. The fourth-order valence-electron chi connectivity index (χ4n) is 4.46. The lowest BCUT2D eigenvalue weighted by atomic mass is 9.68. The number of amides is 2. The molecule has 1 aromatic carbocycles. The number of nitrogens with one attached hydrogen (secondary N) is 1. The SMILES string of the molecule is O=C1N[C@]2(CO1)C[C@H](C(=O)N1CCC(c3ccc(S(F)(F)(F)(F)F)cc3)CC1)C2. The van der Waals surface area contributed by atoms with Crippen LogP contribution in [0.25, 0.3) is 0 Å². The molecule has 1 N–H and O–H groups in total. The van der Waals surface area contributed by atoms with Crippen molar-refractivity contribution in [2.45, 2.75) is 42.0 Å². The largest absolute Gasteiger partial charge is 0.447 e. The van der Waals surface area contributed by atoms with E-state index in [1.165, 1.54) is 0 Å². The second-order valence-corrected chi connectivity index (χ2v) is 10.6. The third-order valence-electron chi connectivity index (χ3n) is 6.07. The van der Waals surface area contributed by atoms with E-state index in [1.807, 2.05) is 0 Å². The van der Waals surface area contributed by atoms with Crippen molar-refractivity contribution in [1.82, 2.24) is 10.2 Å². The maximum absolute atomic E-state index is 12.8. The number of likely N-dealkylation sites (tertiary alicyclic amines) is 1. The zero-order valence-corrected chi connectivity index (χ0v) is 16.2. The van der Waals surface area contributed by atoms with Gasteiger partial charge in [-0.1, -0.05) is 31.6 Å².